The Balaban J connectivity index is 0.00000180. The molecule has 4 aliphatic rings. The van der Waals surface area contributed by atoms with E-state index in [1.807, 2.05) is 6.07 Å². The molecule has 1 saturated heterocycles. The number of rotatable bonds is 2. The van der Waals surface area contributed by atoms with Crippen molar-refractivity contribution in [3.05, 3.63) is 42.0 Å². The van der Waals surface area contributed by atoms with Gasteiger partial charge in [-0.3, -0.25) is 4.79 Å². The summed E-state index contributed by atoms with van der Waals surface area (Å²) in [6, 6.07) is 8.51. The second-order valence-corrected chi connectivity index (χ2v) is 9.09. The maximum absolute atomic E-state index is 12.1. The molecule has 2 aliphatic heterocycles. The Hall–Kier alpha value is -1.61. The zero-order valence-corrected chi connectivity index (χ0v) is 15.6. The van der Waals surface area contributed by atoms with E-state index in [2.05, 4.69) is 40.6 Å². The Morgan fingerprint density at radius 1 is 1.15 bits per heavy atom. The van der Waals surface area contributed by atoms with Crippen LogP contribution < -0.4 is 5.32 Å². The van der Waals surface area contributed by atoms with Gasteiger partial charge in [-0.25, -0.2) is 0 Å². The second-order valence-electron chi connectivity index (χ2n) is 9.09. The first-order chi connectivity index (χ1) is 12.7. The minimum Gasteiger partial charge on any atom is -0.326 e. The molecular weight excluding hydrogens is 320 g/mol. The number of piperidine rings is 1. The van der Waals surface area contributed by atoms with Crippen molar-refractivity contribution >= 4 is 11.6 Å². The Morgan fingerprint density at radius 2 is 2.00 bits per heavy atom. The molecule has 3 unspecified atom stereocenters. The van der Waals surface area contributed by atoms with E-state index >= 15 is 0 Å². The number of anilines is 1. The van der Waals surface area contributed by atoms with Crippen LogP contribution in [-0.4, -0.2) is 30.4 Å². The molecule has 140 valence electrons. The van der Waals surface area contributed by atoms with Crippen LogP contribution >= 0.6 is 0 Å². The normalized spacial score (nSPS) is 32.9. The SMILES string of the molecule is O=C1CCC2(CCN(CC3CC4C=CCC3C4)CC2)c2ccccc2N1.[HH]. The zero-order valence-electron chi connectivity index (χ0n) is 15.6. The number of hydrogen-bond donors (Lipinski definition) is 1. The lowest BCUT2D eigenvalue weighted by Gasteiger charge is -2.43. The minimum atomic E-state index is 0. The molecular formula is C23H32N2O. The van der Waals surface area contributed by atoms with Crippen molar-refractivity contribution < 1.29 is 6.22 Å². The van der Waals surface area contributed by atoms with Crippen LogP contribution in [0.1, 0.15) is 51.9 Å². The highest BCUT2D eigenvalue weighted by atomic mass is 16.1. The molecule has 2 bridgehead atoms. The summed E-state index contributed by atoms with van der Waals surface area (Å²) in [5.74, 6) is 2.87. The van der Waals surface area contributed by atoms with Crippen molar-refractivity contribution in [2.75, 3.05) is 25.0 Å². The Morgan fingerprint density at radius 3 is 2.85 bits per heavy atom. The number of allylic oxidation sites excluding steroid dienone is 2. The Kier molecular flexibility index (Phi) is 4.16. The second kappa shape index (κ2) is 6.53. The van der Waals surface area contributed by atoms with E-state index in [0.717, 1.165) is 29.9 Å². The Labute approximate surface area is 158 Å². The predicted molar refractivity (Wildman–Crippen MR) is 107 cm³/mol. The maximum Gasteiger partial charge on any atom is 0.224 e. The smallest absolute Gasteiger partial charge is 0.224 e. The van der Waals surface area contributed by atoms with Gasteiger partial charge in [0.25, 0.3) is 0 Å². The average molecular weight is 353 g/mol. The summed E-state index contributed by atoms with van der Waals surface area (Å²) >= 11 is 0. The number of carbonyl (C=O) groups excluding carboxylic acids is 1. The van der Waals surface area contributed by atoms with E-state index in [4.69, 9.17) is 0 Å². The molecule has 26 heavy (non-hydrogen) atoms. The molecule has 3 atom stereocenters. The van der Waals surface area contributed by atoms with Gasteiger partial charge in [-0.05, 0) is 81.0 Å². The van der Waals surface area contributed by atoms with Gasteiger partial charge in [-0.15, -0.1) is 0 Å². The summed E-state index contributed by atoms with van der Waals surface area (Å²) < 4.78 is 0. The highest BCUT2D eigenvalue weighted by Gasteiger charge is 2.41. The summed E-state index contributed by atoms with van der Waals surface area (Å²) in [6.07, 6.45) is 13.1. The molecule has 2 heterocycles. The number of hydrogen-bond acceptors (Lipinski definition) is 2. The van der Waals surface area contributed by atoms with Crippen LogP contribution in [0.25, 0.3) is 0 Å². The Bertz CT molecular complexity index is 723. The molecule has 2 fully saturated rings. The molecule has 2 aliphatic carbocycles. The van der Waals surface area contributed by atoms with Crippen molar-refractivity contribution in [2.45, 2.75) is 50.4 Å². The monoisotopic (exact) mass is 352 g/mol. The first-order valence-corrected chi connectivity index (χ1v) is 10.5. The zero-order chi connectivity index (χ0) is 17.6. The number of fused-ring (bicyclic) bond motifs is 4. The van der Waals surface area contributed by atoms with E-state index < -0.39 is 0 Å². The van der Waals surface area contributed by atoms with Crippen LogP contribution in [0.2, 0.25) is 0 Å². The van der Waals surface area contributed by atoms with Gasteiger partial charge in [-0.2, -0.15) is 0 Å². The number of nitrogens with one attached hydrogen (secondary N) is 1. The number of likely N-dealkylation sites (tertiary alicyclic amines) is 1. The highest BCUT2D eigenvalue weighted by Crippen LogP contribution is 2.46. The first-order valence-electron chi connectivity index (χ1n) is 10.5. The molecule has 5 rings (SSSR count). The first kappa shape index (κ1) is 16.6. The molecule has 1 N–H and O–H groups in total. The molecule has 1 spiro atoms. The lowest BCUT2D eigenvalue weighted by atomic mass is 9.69. The molecule has 1 amide bonds. The van der Waals surface area contributed by atoms with Gasteiger partial charge in [0.1, 0.15) is 0 Å². The molecule has 3 heteroatoms. The molecule has 0 radical (unpaired) electrons. The average Bonchev–Trinajstić information content (AvgIpc) is 2.86. The van der Waals surface area contributed by atoms with Crippen LogP contribution in [0.15, 0.2) is 36.4 Å². The van der Waals surface area contributed by atoms with E-state index in [1.54, 1.807) is 0 Å². The third-order valence-electron chi connectivity index (χ3n) is 7.63. The maximum atomic E-state index is 12.1. The van der Waals surface area contributed by atoms with Crippen LogP contribution in [0.4, 0.5) is 5.69 Å². The van der Waals surface area contributed by atoms with Crippen molar-refractivity contribution in [1.82, 2.24) is 4.90 Å². The predicted octanol–water partition coefficient (Wildman–Crippen LogP) is 4.60. The summed E-state index contributed by atoms with van der Waals surface area (Å²) in [5.41, 5.74) is 2.63. The molecule has 1 saturated carbocycles. The van der Waals surface area contributed by atoms with Gasteiger partial charge in [0.05, 0.1) is 0 Å². The fourth-order valence-electron chi connectivity index (χ4n) is 6.14. The third-order valence-corrected chi connectivity index (χ3v) is 7.63. The molecule has 1 aromatic rings. The quantitative estimate of drug-likeness (QED) is 0.789. The summed E-state index contributed by atoms with van der Waals surface area (Å²) in [7, 11) is 0. The summed E-state index contributed by atoms with van der Waals surface area (Å²) in [5, 5.41) is 3.13. The van der Waals surface area contributed by atoms with Gasteiger partial charge in [0, 0.05) is 25.5 Å². The molecule has 1 aromatic carbocycles. The lowest BCUT2D eigenvalue weighted by Crippen LogP contribution is -2.44. The lowest BCUT2D eigenvalue weighted by molar-refractivity contribution is -0.116. The van der Waals surface area contributed by atoms with Gasteiger partial charge in [-0.1, -0.05) is 30.4 Å². The summed E-state index contributed by atoms with van der Waals surface area (Å²) in [4.78, 5) is 14.9. The number of para-hydroxylation sites is 1. The largest absolute Gasteiger partial charge is 0.326 e. The molecule has 0 aromatic heterocycles. The van der Waals surface area contributed by atoms with Gasteiger partial charge in [0.2, 0.25) is 5.91 Å². The fraction of sp³-hybridized carbons (Fsp3) is 0.609. The number of nitrogens with zero attached hydrogens (tertiary/aromatic N) is 1. The van der Waals surface area contributed by atoms with Crippen LogP contribution in [-0.2, 0) is 10.2 Å². The van der Waals surface area contributed by atoms with Crippen molar-refractivity contribution in [3.63, 3.8) is 0 Å². The number of benzene rings is 1. The number of carbonyl (C=O) groups is 1. The fourth-order valence-corrected chi connectivity index (χ4v) is 6.14. The third kappa shape index (κ3) is 2.90. The van der Waals surface area contributed by atoms with Crippen LogP contribution in [0.3, 0.4) is 0 Å². The highest BCUT2D eigenvalue weighted by molar-refractivity contribution is 5.92. The van der Waals surface area contributed by atoms with Gasteiger partial charge < -0.3 is 10.2 Å². The van der Waals surface area contributed by atoms with Crippen molar-refractivity contribution in [3.8, 4) is 0 Å². The topological polar surface area (TPSA) is 32.3 Å². The molecule has 3 nitrogen and oxygen atoms in total. The van der Waals surface area contributed by atoms with Crippen molar-refractivity contribution in [1.29, 1.82) is 0 Å². The van der Waals surface area contributed by atoms with E-state index in [0.29, 0.717) is 6.42 Å². The standard InChI is InChI=1S/C23H30N2O.H2/c26-22-8-9-23(20-6-1-2-7-21(20)24-22)10-12-25(13-11-23)16-19-15-17-4-3-5-18(19)14-17;/h1-4,6-7,17-19H,5,8-16H2,(H,24,26);1H. The van der Waals surface area contributed by atoms with Crippen LogP contribution in [0, 0.1) is 17.8 Å². The van der Waals surface area contributed by atoms with E-state index in [-0.39, 0.29) is 12.7 Å². The minimum absolute atomic E-state index is 0. The van der Waals surface area contributed by atoms with Gasteiger partial charge in [0.15, 0.2) is 0 Å². The van der Waals surface area contributed by atoms with Crippen LogP contribution in [0.5, 0.6) is 0 Å². The summed E-state index contributed by atoms with van der Waals surface area (Å²) in [6.45, 7) is 3.66. The van der Waals surface area contributed by atoms with Gasteiger partial charge >= 0.3 is 0 Å². The van der Waals surface area contributed by atoms with E-state index in [9.17, 15) is 4.79 Å². The van der Waals surface area contributed by atoms with E-state index in [1.165, 1.54) is 57.3 Å². The van der Waals surface area contributed by atoms with Crippen molar-refractivity contribution in [2.24, 2.45) is 17.8 Å². The number of amides is 1.